The number of hydrogen-bond acceptors (Lipinski definition) is 13. The van der Waals surface area contributed by atoms with E-state index in [9.17, 15) is 4.79 Å². The van der Waals surface area contributed by atoms with Gasteiger partial charge in [-0.1, -0.05) is 25.1 Å². The molecular weight excluding hydrogens is 682 g/mol. The maximum Gasteiger partial charge on any atom is 0.362 e. The van der Waals surface area contributed by atoms with E-state index < -0.39 is 5.63 Å². The molecule has 14 heteroatoms. The van der Waals surface area contributed by atoms with Crippen LogP contribution in [0.15, 0.2) is 57.9 Å². The van der Waals surface area contributed by atoms with Gasteiger partial charge < -0.3 is 47.4 Å². The second-order valence-corrected chi connectivity index (χ2v) is 12.9. The first-order valence-electron chi connectivity index (χ1n) is 18.6. The monoisotopic (exact) mass is 737 g/mol. The molecule has 5 rings (SSSR count). The summed E-state index contributed by atoms with van der Waals surface area (Å²) in [5, 5.41) is 9.50. The predicted molar refractivity (Wildman–Crippen MR) is 204 cm³/mol. The molecular formula is C39H55N5O9. The van der Waals surface area contributed by atoms with E-state index >= 15 is 0 Å². The molecule has 0 bridgehead atoms. The molecule has 0 amide bonds. The van der Waals surface area contributed by atoms with Crippen molar-refractivity contribution in [2.45, 2.75) is 33.8 Å². The minimum Gasteiger partial charge on any atom is -0.489 e. The first-order valence-corrected chi connectivity index (χ1v) is 18.6. The zero-order valence-corrected chi connectivity index (χ0v) is 31.8. The Kier molecular flexibility index (Phi) is 15.9. The fourth-order valence-electron chi connectivity index (χ4n) is 5.97. The van der Waals surface area contributed by atoms with E-state index in [0.717, 1.165) is 35.4 Å². The van der Waals surface area contributed by atoms with Gasteiger partial charge in [-0.15, -0.1) is 5.10 Å². The highest BCUT2D eigenvalue weighted by atomic mass is 16.6. The third-order valence-electron chi connectivity index (χ3n) is 9.05. The number of nitrogens with zero attached hydrogens (tertiary/aromatic N) is 5. The molecule has 290 valence electrons. The zero-order valence-electron chi connectivity index (χ0n) is 31.8. The quantitative estimate of drug-likeness (QED) is 0.154. The van der Waals surface area contributed by atoms with Crippen molar-refractivity contribution in [2.24, 2.45) is 5.92 Å². The van der Waals surface area contributed by atoms with Crippen molar-refractivity contribution in [2.75, 3.05) is 116 Å². The van der Waals surface area contributed by atoms with Crippen LogP contribution in [0, 0.1) is 5.92 Å². The number of hydrogen-bond donors (Lipinski definition) is 0. The fraction of sp³-hybridized carbons (Fsp3) is 0.564. The molecule has 1 unspecified atom stereocenters. The van der Waals surface area contributed by atoms with Gasteiger partial charge in [-0.05, 0) is 50.1 Å². The third-order valence-corrected chi connectivity index (χ3v) is 9.05. The van der Waals surface area contributed by atoms with Crippen LogP contribution in [-0.4, -0.2) is 127 Å². The number of methoxy groups -OCH3 is 1. The summed E-state index contributed by atoms with van der Waals surface area (Å²) in [7, 11) is 1.64. The lowest BCUT2D eigenvalue weighted by molar-refractivity contribution is -0.0676. The van der Waals surface area contributed by atoms with Crippen LogP contribution in [0.3, 0.4) is 0 Å². The Labute approximate surface area is 311 Å². The smallest absolute Gasteiger partial charge is 0.362 e. The van der Waals surface area contributed by atoms with Gasteiger partial charge in [-0.3, -0.25) is 0 Å². The summed E-state index contributed by atoms with van der Waals surface area (Å²) in [6.07, 6.45) is 1.71. The Morgan fingerprint density at radius 1 is 0.849 bits per heavy atom. The van der Waals surface area contributed by atoms with Gasteiger partial charge in [-0.2, -0.15) is 0 Å². The van der Waals surface area contributed by atoms with Crippen LogP contribution in [0.25, 0.3) is 27.9 Å². The lowest BCUT2D eigenvalue weighted by Crippen LogP contribution is -2.32. The number of anilines is 2. The molecule has 2 aromatic carbocycles. The minimum absolute atomic E-state index is 0.00178. The van der Waals surface area contributed by atoms with E-state index in [2.05, 4.69) is 47.8 Å². The van der Waals surface area contributed by atoms with Gasteiger partial charge in [0.05, 0.1) is 84.1 Å². The Morgan fingerprint density at radius 3 is 2.28 bits per heavy atom. The van der Waals surface area contributed by atoms with Crippen molar-refractivity contribution >= 4 is 22.3 Å². The van der Waals surface area contributed by atoms with Crippen molar-refractivity contribution in [3.8, 4) is 22.7 Å². The summed E-state index contributed by atoms with van der Waals surface area (Å²) in [5.74, 6) is 0.979. The Morgan fingerprint density at radius 2 is 1.57 bits per heavy atom. The molecule has 1 aliphatic heterocycles. The number of aromatic nitrogens is 3. The average Bonchev–Trinajstić information content (AvgIpc) is 3.65. The molecule has 1 saturated heterocycles. The summed E-state index contributed by atoms with van der Waals surface area (Å²) in [6, 6.07) is 13.6. The van der Waals surface area contributed by atoms with Gasteiger partial charge in [0.1, 0.15) is 23.6 Å². The van der Waals surface area contributed by atoms with Crippen LogP contribution in [0.4, 0.5) is 11.4 Å². The average molecular weight is 738 g/mol. The van der Waals surface area contributed by atoms with E-state index in [1.165, 1.54) is 4.68 Å². The van der Waals surface area contributed by atoms with Crippen molar-refractivity contribution in [1.29, 1.82) is 0 Å². The van der Waals surface area contributed by atoms with Gasteiger partial charge in [0.15, 0.2) is 5.69 Å². The molecule has 2 aromatic heterocycles. The highest BCUT2D eigenvalue weighted by molar-refractivity contribution is 5.82. The fourth-order valence-corrected chi connectivity index (χ4v) is 5.97. The van der Waals surface area contributed by atoms with E-state index in [0.29, 0.717) is 109 Å². The summed E-state index contributed by atoms with van der Waals surface area (Å²) >= 11 is 0. The van der Waals surface area contributed by atoms with Crippen LogP contribution in [0.5, 0.6) is 5.75 Å². The van der Waals surface area contributed by atoms with Crippen LogP contribution in [0.2, 0.25) is 0 Å². The highest BCUT2D eigenvalue weighted by Gasteiger charge is 2.18. The first kappa shape index (κ1) is 40.1. The molecule has 0 aliphatic carbocycles. The SMILES string of the molecule is CCN(CC)c1ccc2cc(-n3cc(-c4ccc(N5CCOCCOCCOC(C(C)C)COCCOCC5)c(OCCOC)c4)nn3)c(=O)oc2c1. The molecule has 4 aromatic rings. The Hall–Kier alpha value is -4.05. The van der Waals surface area contributed by atoms with Crippen LogP contribution in [0.1, 0.15) is 27.7 Å². The maximum atomic E-state index is 13.1. The second-order valence-electron chi connectivity index (χ2n) is 12.9. The van der Waals surface area contributed by atoms with E-state index in [1.807, 2.05) is 36.4 Å². The molecule has 1 aliphatic rings. The second kappa shape index (κ2) is 21.0. The third kappa shape index (κ3) is 11.5. The summed E-state index contributed by atoms with van der Waals surface area (Å²) in [6.45, 7) is 16.5. The topological polar surface area (TPSA) is 132 Å². The predicted octanol–water partition coefficient (Wildman–Crippen LogP) is 4.84. The van der Waals surface area contributed by atoms with Crippen molar-refractivity contribution in [3.05, 3.63) is 59.1 Å². The molecule has 0 radical (unpaired) electrons. The molecule has 14 nitrogen and oxygen atoms in total. The molecule has 1 fully saturated rings. The molecule has 53 heavy (non-hydrogen) atoms. The lowest BCUT2D eigenvalue weighted by atomic mass is 10.1. The zero-order chi connectivity index (χ0) is 37.4. The molecule has 3 heterocycles. The van der Waals surface area contributed by atoms with Gasteiger partial charge >= 0.3 is 5.63 Å². The van der Waals surface area contributed by atoms with E-state index in [4.69, 9.17) is 37.6 Å². The molecule has 1 atom stereocenters. The number of benzene rings is 2. The summed E-state index contributed by atoms with van der Waals surface area (Å²) in [4.78, 5) is 17.5. The van der Waals surface area contributed by atoms with Gasteiger partial charge in [-0.25, -0.2) is 9.48 Å². The number of fused-ring (bicyclic) bond motifs is 1. The summed E-state index contributed by atoms with van der Waals surface area (Å²) in [5.41, 5.74) is 3.51. The normalized spacial score (nSPS) is 17.5. The lowest BCUT2D eigenvalue weighted by Gasteiger charge is -2.27. The van der Waals surface area contributed by atoms with Gasteiger partial charge in [0.2, 0.25) is 0 Å². The summed E-state index contributed by atoms with van der Waals surface area (Å²) < 4.78 is 48.2. The Balaban J connectivity index is 1.34. The highest BCUT2D eigenvalue weighted by Crippen LogP contribution is 2.33. The first-order chi connectivity index (χ1) is 25.9. The molecule has 0 spiro atoms. The van der Waals surface area contributed by atoms with Crippen LogP contribution >= 0.6 is 0 Å². The minimum atomic E-state index is -0.500. The van der Waals surface area contributed by atoms with Crippen LogP contribution in [-0.2, 0) is 28.4 Å². The van der Waals surface area contributed by atoms with Crippen molar-refractivity contribution in [1.82, 2.24) is 15.0 Å². The maximum absolute atomic E-state index is 13.1. The molecule has 0 saturated carbocycles. The van der Waals surface area contributed by atoms with E-state index in [-0.39, 0.29) is 11.8 Å². The number of rotatable bonds is 11. The van der Waals surface area contributed by atoms with Gasteiger partial charge in [0, 0.05) is 56.0 Å². The standard InChI is InChI=1S/C39H55N5O9/c1-6-42(7-2)32-10-8-31-24-35(39(45)53-36(31)26-32)44-27-33(40-41-44)30-9-11-34(37(25-30)51-22-16-46-5)43-12-14-47-17-18-49-21-23-52-38(29(3)4)28-50-20-19-48-15-13-43/h8-11,24-27,29,38H,6-7,12-23,28H2,1-5H3. The van der Waals surface area contributed by atoms with E-state index in [1.54, 1.807) is 19.4 Å². The van der Waals surface area contributed by atoms with Crippen molar-refractivity contribution < 1.29 is 37.6 Å². The number of ether oxygens (including phenoxy) is 7. The van der Waals surface area contributed by atoms with Gasteiger partial charge in [0.25, 0.3) is 0 Å². The largest absolute Gasteiger partial charge is 0.489 e. The van der Waals surface area contributed by atoms with Crippen molar-refractivity contribution in [3.63, 3.8) is 0 Å². The van der Waals surface area contributed by atoms with Crippen LogP contribution < -0.4 is 20.2 Å². The Bertz CT molecular complexity index is 1740. The molecule has 0 N–H and O–H groups in total.